The van der Waals surface area contributed by atoms with Crippen LogP contribution in [0, 0.1) is 5.92 Å². The molecule has 1 N–H and O–H groups in total. The number of rotatable bonds is 4. The zero-order valence-electron chi connectivity index (χ0n) is 15.2. The molecule has 1 saturated heterocycles. The predicted octanol–water partition coefficient (Wildman–Crippen LogP) is 2.45. The van der Waals surface area contributed by atoms with E-state index in [-0.39, 0.29) is 17.9 Å². The number of carbonyl (C=O) groups excluding carboxylic acids is 1. The van der Waals surface area contributed by atoms with Gasteiger partial charge < -0.3 is 10.2 Å². The SMILES string of the molecule is C[C@H](NC(=O)[C@H]1CCc2nc(N3CCCC3)ncc2C1)c1ccccn1. The first-order valence-corrected chi connectivity index (χ1v) is 9.52. The van der Waals surface area contributed by atoms with Gasteiger partial charge in [0.05, 0.1) is 11.7 Å². The van der Waals surface area contributed by atoms with E-state index in [9.17, 15) is 4.79 Å². The van der Waals surface area contributed by atoms with E-state index in [1.807, 2.05) is 31.3 Å². The Morgan fingerprint density at radius 3 is 2.88 bits per heavy atom. The lowest BCUT2D eigenvalue weighted by Crippen LogP contribution is -2.36. The third-order valence-electron chi connectivity index (χ3n) is 5.39. The maximum Gasteiger partial charge on any atom is 0.225 e. The Bertz CT molecular complexity index is 773. The number of anilines is 1. The molecule has 4 rings (SSSR count). The number of carbonyl (C=O) groups is 1. The van der Waals surface area contributed by atoms with Gasteiger partial charge >= 0.3 is 0 Å². The van der Waals surface area contributed by atoms with Gasteiger partial charge in [0.15, 0.2) is 0 Å². The number of hydrogen-bond donors (Lipinski definition) is 1. The lowest BCUT2D eigenvalue weighted by atomic mass is 9.86. The molecular weight excluding hydrogens is 326 g/mol. The molecule has 1 aliphatic carbocycles. The van der Waals surface area contributed by atoms with Gasteiger partial charge in [-0.05, 0) is 56.7 Å². The molecule has 0 aromatic carbocycles. The summed E-state index contributed by atoms with van der Waals surface area (Å²) in [4.78, 5) is 28.6. The lowest BCUT2D eigenvalue weighted by Gasteiger charge is -2.25. The summed E-state index contributed by atoms with van der Waals surface area (Å²) < 4.78 is 0. The summed E-state index contributed by atoms with van der Waals surface area (Å²) in [7, 11) is 0. The molecule has 2 aromatic heterocycles. The predicted molar refractivity (Wildman–Crippen MR) is 99.8 cm³/mol. The number of aromatic nitrogens is 3. The number of amides is 1. The Kier molecular flexibility index (Phi) is 4.82. The van der Waals surface area contributed by atoms with Crippen LogP contribution in [0.4, 0.5) is 5.95 Å². The molecular formula is C20H25N5O. The van der Waals surface area contributed by atoms with Gasteiger partial charge in [0.2, 0.25) is 11.9 Å². The van der Waals surface area contributed by atoms with Gasteiger partial charge in [0, 0.05) is 37.1 Å². The van der Waals surface area contributed by atoms with E-state index in [0.29, 0.717) is 0 Å². The zero-order valence-corrected chi connectivity index (χ0v) is 15.2. The minimum Gasteiger partial charge on any atom is -0.348 e. The molecule has 2 atom stereocenters. The van der Waals surface area contributed by atoms with Crippen molar-refractivity contribution in [2.45, 2.75) is 45.1 Å². The number of fused-ring (bicyclic) bond motifs is 1. The molecule has 0 bridgehead atoms. The molecule has 6 nitrogen and oxygen atoms in total. The fourth-order valence-corrected chi connectivity index (χ4v) is 3.83. The maximum absolute atomic E-state index is 12.7. The van der Waals surface area contributed by atoms with Crippen LogP contribution in [0.3, 0.4) is 0 Å². The van der Waals surface area contributed by atoms with E-state index >= 15 is 0 Å². The van der Waals surface area contributed by atoms with Gasteiger partial charge in [0.1, 0.15) is 0 Å². The van der Waals surface area contributed by atoms with E-state index in [0.717, 1.165) is 55.3 Å². The molecule has 0 radical (unpaired) electrons. The third-order valence-corrected chi connectivity index (χ3v) is 5.39. The Morgan fingerprint density at radius 2 is 2.12 bits per heavy atom. The Balaban J connectivity index is 1.40. The molecule has 136 valence electrons. The van der Waals surface area contributed by atoms with Crippen molar-refractivity contribution in [3.63, 3.8) is 0 Å². The second-order valence-corrected chi connectivity index (χ2v) is 7.26. The van der Waals surface area contributed by atoms with Crippen LogP contribution >= 0.6 is 0 Å². The van der Waals surface area contributed by atoms with Gasteiger partial charge in [0.25, 0.3) is 0 Å². The normalized spacial score (nSPS) is 20.5. The van der Waals surface area contributed by atoms with Crippen molar-refractivity contribution in [3.05, 3.63) is 47.5 Å². The average molecular weight is 351 g/mol. The molecule has 1 aliphatic heterocycles. The molecule has 0 spiro atoms. The summed E-state index contributed by atoms with van der Waals surface area (Å²) in [5.74, 6) is 0.931. The minimum absolute atomic E-state index is 0.0186. The fourth-order valence-electron chi connectivity index (χ4n) is 3.83. The monoisotopic (exact) mass is 351 g/mol. The minimum atomic E-state index is -0.0844. The standard InChI is InChI=1S/C20H25N5O/c1-14(17-6-2-3-9-21-17)23-19(26)15-7-8-18-16(12-15)13-22-20(24-18)25-10-4-5-11-25/h2-3,6,9,13-15H,4-5,7-8,10-12H2,1H3,(H,23,26)/t14-,15-/m0/s1. The highest BCUT2D eigenvalue weighted by atomic mass is 16.1. The van der Waals surface area contributed by atoms with Crippen LogP contribution in [0.15, 0.2) is 30.6 Å². The second kappa shape index (κ2) is 7.40. The van der Waals surface area contributed by atoms with E-state index in [2.05, 4.69) is 20.2 Å². The highest BCUT2D eigenvalue weighted by Gasteiger charge is 2.28. The molecule has 26 heavy (non-hydrogen) atoms. The first kappa shape index (κ1) is 16.9. The van der Waals surface area contributed by atoms with E-state index in [4.69, 9.17) is 4.98 Å². The number of hydrogen-bond acceptors (Lipinski definition) is 5. The number of nitrogens with one attached hydrogen (secondary N) is 1. The molecule has 0 unspecified atom stereocenters. The molecule has 1 amide bonds. The van der Waals surface area contributed by atoms with Crippen molar-refractivity contribution in [1.82, 2.24) is 20.3 Å². The lowest BCUT2D eigenvalue weighted by molar-refractivity contribution is -0.126. The zero-order chi connectivity index (χ0) is 17.9. The Morgan fingerprint density at radius 1 is 1.27 bits per heavy atom. The highest BCUT2D eigenvalue weighted by molar-refractivity contribution is 5.79. The van der Waals surface area contributed by atoms with Gasteiger partial charge in [-0.15, -0.1) is 0 Å². The molecule has 2 aliphatic rings. The average Bonchev–Trinajstić information content (AvgIpc) is 3.22. The number of nitrogens with zero attached hydrogens (tertiary/aromatic N) is 4. The second-order valence-electron chi connectivity index (χ2n) is 7.26. The third kappa shape index (κ3) is 3.54. The summed E-state index contributed by atoms with van der Waals surface area (Å²) in [6.45, 7) is 4.08. The topological polar surface area (TPSA) is 71.0 Å². The molecule has 3 heterocycles. The van der Waals surface area contributed by atoms with Crippen LogP contribution in [-0.4, -0.2) is 33.9 Å². The van der Waals surface area contributed by atoms with Crippen LogP contribution in [0.25, 0.3) is 0 Å². The van der Waals surface area contributed by atoms with Crippen molar-refractivity contribution in [1.29, 1.82) is 0 Å². The van der Waals surface area contributed by atoms with E-state index in [1.54, 1.807) is 6.20 Å². The Hall–Kier alpha value is -2.50. The summed E-state index contributed by atoms with van der Waals surface area (Å²) in [6.07, 6.45) is 8.52. The maximum atomic E-state index is 12.7. The first-order chi connectivity index (χ1) is 12.7. The molecule has 0 saturated carbocycles. The number of pyridine rings is 1. The summed E-state index contributed by atoms with van der Waals surface area (Å²) in [5, 5.41) is 3.10. The van der Waals surface area contributed by atoms with E-state index in [1.165, 1.54) is 12.8 Å². The smallest absolute Gasteiger partial charge is 0.225 e. The van der Waals surface area contributed by atoms with Crippen molar-refractivity contribution in [2.75, 3.05) is 18.0 Å². The summed E-state index contributed by atoms with van der Waals surface area (Å²) in [5.41, 5.74) is 3.12. The van der Waals surface area contributed by atoms with Gasteiger partial charge in [-0.25, -0.2) is 9.97 Å². The first-order valence-electron chi connectivity index (χ1n) is 9.52. The largest absolute Gasteiger partial charge is 0.348 e. The van der Waals surface area contributed by atoms with Crippen LogP contribution < -0.4 is 10.2 Å². The quantitative estimate of drug-likeness (QED) is 0.916. The summed E-state index contributed by atoms with van der Waals surface area (Å²) in [6, 6.07) is 5.68. The van der Waals surface area contributed by atoms with Gasteiger partial charge in [-0.1, -0.05) is 6.07 Å². The van der Waals surface area contributed by atoms with Gasteiger partial charge in [-0.2, -0.15) is 0 Å². The summed E-state index contributed by atoms with van der Waals surface area (Å²) >= 11 is 0. The molecule has 2 aromatic rings. The van der Waals surface area contributed by atoms with E-state index < -0.39 is 0 Å². The van der Waals surface area contributed by atoms with Crippen LogP contribution in [0.2, 0.25) is 0 Å². The van der Waals surface area contributed by atoms with Crippen molar-refractivity contribution >= 4 is 11.9 Å². The van der Waals surface area contributed by atoms with Crippen molar-refractivity contribution < 1.29 is 4.79 Å². The van der Waals surface area contributed by atoms with Crippen LogP contribution in [0.1, 0.15) is 49.2 Å². The highest BCUT2D eigenvalue weighted by Crippen LogP contribution is 2.27. The molecule has 6 heteroatoms. The Labute approximate surface area is 154 Å². The molecule has 1 fully saturated rings. The van der Waals surface area contributed by atoms with Crippen LogP contribution in [0.5, 0.6) is 0 Å². The van der Waals surface area contributed by atoms with Crippen molar-refractivity contribution in [2.24, 2.45) is 5.92 Å². The van der Waals surface area contributed by atoms with Gasteiger partial charge in [-0.3, -0.25) is 9.78 Å². The van der Waals surface area contributed by atoms with Crippen LogP contribution in [-0.2, 0) is 17.6 Å². The number of aryl methyl sites for hydroxylation is 1. The van der Waals surface area contributed by atoms with Crippen molar-refractivity contribution in [3.8, 4) is 0 Å². The fraction of sp³-hybridized carbons (Fsp3) is 0.500.